The number of aliphatic hydroxyl groups excluding tert-OH is 1. The minimum atomic E-state index is 0.149. The van der Waals surface area contributed by atoms with Gasteiger partial charge in [-0.25, -0.2) is 0 Å². The highest BCUT2D eigenvalue weighted by molar-refractivity contribution is 4.56. The van der Waals surface area contributed by atoms with Gasteiger partial charge in [0.05, 0.1) is 26.4 Å². The summed E-state index contributed by atoms with van der Waals surface area (Å²) in [5.41, 5.74) is 0. The summed E-state index contributed by atoms with van der Waals surface area (Å²) >= 11 is 0. The molecule has 1 unspecified atom stereocenters. The Morgan fingerprint density at radius 1 is 1.33 bits per heavy atom. The van der Waals surface area contributed by atoms with E-state index in [0.717, 1.165) is 6.54 Å². The Balaban J connectivity index is 2.90. The Labute approximate surface area is 73.9 Å². The Kier molecular flexibility index (Phi) is 8.81. The summed E-state index contributed by atoms with van der Waals surface area (Å²) in [6, 6.07) is 0.149. The monoisotopic (exact) mass is 177 g/mol. The molecular formula is C8H19NO3. The summed E-state index contributed by atoms with van der Waals surface area (Å²) < 4.78 is 10.0. The summed E-state index contributed by atoms with van der Waals surface area (Å²) in [6.07, 6.45) is 0. The maximum Gasteiger partial charge on any atom is 0.0700 e. The molecule has 0 amide bonds. The van der Waals surface area contributed by atoms with Crippen molar-refractivity contribution in [2.24, 2.45) is 0 Å². The van der Waals surface area contributed by atoms with Crippen molar-refractivity contribution < 1.29 is 14.6 Å². The van der Waals surface area contributed by atoms with Gasteiger partial charge in [0.1, 0.15) is 0 Å². The lowest BCUT2D eigenvalue weighted by Crippen LogP contribution is -2.32. The van der Waals surface area contributed by atoms with Crippen molar-refractivity contribution in [1.82, 2.24) is 5.32 Å². The average molecular weight is 177 g/mol. The first-order valence-electron chi connectivity index (χ1n) is 4.22. The van der Waals surface area contributed by atoms with Gasteiger partial charge in [-0.1, -0.05) is 0 Å². The van der Waals surface area contributed by atoms with Gasteiger partial charge in [-0.15, -0.1) is 0 Å². The zero-order valence-electron chi connectivity index (χ0n) is 7.88. The van der Waals surface area contributed by atoms with Crippen LogP contribution in [0.5, 0.6) is 0 Å². The topological polar surface area (TPSA) is 50.7 Å². The maximum absolute atomic E-state index is 8.65. The zero-order valence-corrected chi connectivity index (χ0v) is 7.88. The van der Waals surface area contributed by atoms with Crippen molar-refractivity contribution in [3.05, 3.63) is 0 Å². The van der Waals surface area contributed by atoms with Crippen LogP contribution < -0.4 is 5.32 Å². The van der Waals surface area contributed by atoms with Gasteiger partial charge in [0.15, 0.2) is 0 Å². The zero-order chi connectivity index (χ0) is 9.23. The van der Waals surface area contributed by atoms with E-state index in [2.05, 4.69) is 5.32 Å². The molecular weight excluding hydrogens is 158 g/mol. The average Bonchev–Trinajstić information content (AvgIpc) is 2.10. The lowest BCUT2D eigenvalue weighted by molar-refractivity contribution is 0.0703. The molecule has 0 aliphatic heterocycles. The van der Waals surface area contributed by atoms with Gasteiger partial charge in [-0.3, -0.25) is 0 Å². The maximum atomic E-state index is 8.65. The predicted octanol–water partition coefficient (Wildman–Crippen LogP) is -0.380. The molecule has 74 valence electrons. The van der Waals surface area contributed by atoms with Gasteiger partial charge in [-0.2, -0.15) is 0 Å². The summed E-state index contributed by atoms with van der Waals surface area (Å²) in [6.45, 7) is 4.79. The smallest absolute Gasteiger partial charge is 0.0700 e. The quantitative estimate of drug-likeness (QED) is 0.496. The lowest BCUT2D eigenvalue weighted by Gasteiger charge is -2.10. The molecule has 0 aliphatic carbocycles. The van der Waals surface area contributed by atoms with Crippen LogP contribution in [0.2, 0.25) is 0 Å². The van der Waals surface area contributed by atoms with E-state index in [0.29, 0.717) is 19.8 Å². The van der Waals surface area contributed by atoms with Gasteiger partial charge in [0.2, 0.25) is 0 Å². The van der Waals surface area contributed by atoms with E-state index in [1.54, 1.807) is 7.11 Å². The van der Waals surface area contributed by atoms with E-state index in [-0.39, 0.29) is 12.6 Å². The van der Waals surface area contributed by atoms with E-state index < -0.39 is 0 Å². The number of ether oxygens (including phenoxy) is 2. The molecule has 0 aromatic carbocycles. The summed E-state index contributed by atoms with van der Waals surface area (Å²) in [4.78, 5) is 0. The van der Waals surface area contributed by atoms with Crippen LogP contribution in [-0.2, 0) is 9.47 Å². The molecule has 12 heavy (non-hydrogen) atoms. The largest absolute Gasteiger partial charge is 0.395 e. The lowest BCUT2D eigenvalue weighted by atomic mass is 10.4. The van der Waals surface area contributed by atoms with Crippen molar-refractivity contribution in [2.45, 2.75) is 13.0 Å². The summed E-state index contributed by atoms with van der Waals surface area (Å²) in [5.74, 6) is 0. The van der Waals surface area contributed by atoms with Crippen LogP contribution in [0.1, 0.15) is 6.92 Å². The van der Waals surface area contributed by atoms with Gasteiger partial charge < -0.3 is 19.9 Å². The Morgan fingerprint density at radius 3 is 2.67 bits per heavy atom. The minimum absolute atomic E-state index is 0.149. The van der Waals surface area contributed by atoms with Gasteiger partial charge in [0.25, 0.3) is 0 Å². The highest BCUT2D eigenvalue weighted by atomic mass is 16.5. The van der Waals surface area contributed by atoms with Crippen molar-refractivity contribution in [3.63, 3.8) is 0 Å². The van der Waals surface area contributed by atoms with Crippen LogP contribution in [0.3, 0.4) is 0 Å². The number of hydrogen-bond donors (Lipinski definition) is 2. The fourth-order valence-electron chi connectivity index (χ4n) is 0.686. The minimum Gasteiger partial charge on any atom is -0.395 e. The van der Waals surface area contributed by atoms with Crippen LogP contribution in [0, 0.1) is 0 Å². The highest BCUT2D eigenvalue weighted by Crippen LogP contribution is 1.78. The Morgan fingerprint density at radius 2 is 2.08 bits per heavy atom. The Bertz CT molecular complexity index is 90.4. The van der Waals surface area contributed by atoms with Crippen molar-refractivity contribution in [3.8, 4) is 0 Å². The number of aliphatic hydroxyl groups is 1. The molecule has 0 fully saturated rings. The SMILES string of the molecule is COCCOCCNC(C)CO. The second-order valence-corrected chi connectivity index (χ2v) is 2.64. The molecule has 0 aromatic heterocycles. The molecule has 0 radical (unpaired) electrons. The third-order valence-electron chi connectivity index (χ3n) is 1.44. The molecule has 0 aliphatic rings. The van der Waals surface area contributed by atoms with Crippen LogP contribution in [0.15, 0.2) is 0 Å². The first kappa shape index (κ1) is 11.8. The summed E-state index contributed by atoms with van der Waals surface area (Å²) in [7, 11) is 1.65. The van der Waals surface area contributed by atoms with Crippen molar-refractivity contribution in [1.29, 1.82) is 0 Å². The first-order chi connectivity index (χ1) is 5.81. The first-order valence-corrected chi connectivity index (χ1v) is 4.22. The summed E-state index contributed by atoms with van der Waals surface area (Å²) in [5, 5.41) is 11.7. The molecule has 0 bridgehead atoms. The molecule has 0 spiro atoms. The van der Waals surface area contributed by atoms with Crippen LogP contribution in [0.4, 0.5) is 0 Å². The molecule has 4 nitrogen and oxygen atoms in total. The third kappa shape index (κ3) is 7.94. The normalized spacial score (nSPS) is 13.2. The molecule has 4 heteroatoms. The van der Waals surface area contributed by atoms with E-state index in [9.17, 15) is 0 Å². The van der Waals surface area contributed by atoms with Crippen LogP contribution in [0.25, 0.3) is 0 Å². The number of nitrogens with one attached hydrogen (secondary N) is 1. The molecule has 0 heterocycles. The van der Waals surface area contributed by atoms with E-state index in [1.807, 2.05) is 6.92 Å². The van der Waals surface area contributed by atoms with Crippen molar-refractivity contribution in [2.75, 3.05) is 40.1 Å². The third-order valence-corrected chi connectivity index (χ3v) is 1.44. The molecule has 2 N–H and O–H groups in total. The van der Waals surface area contributed by atoms with Crippen LogP contribution >= 0.6 is 0 Å². The Hall–Kier alpha value is -0.160. The van der Waals surface area contributed by atoms with E-state index >= 15 is 0 Å². The molecule has 0 saturated heterocycles. The molecule has 0 aromatic rings. The predicted molar refractivity (Wildman–Crippen MR) is 47.2 cm³/mol. The highest BCUT2D eigenvalue weighted by Gasteiger charge is 1.96. The number of methoxy groups -OCH3 is 1. The second-order valence-electron chi connectivity index (χ2n) is 2.64. The van der Waals surface area contributed by atoms with Crippen LogP contribution in [-0.4, -0.2) is 51.2 Å². The molecule has 0 saturated carbocycles. The molecule has 1 atom stereocenters. The van der Waals surface area contributed by atoms with Gasteiger partial charge in [0, 0.05) is 19.7 Å². The standard InChI is InChI=1S/C8H19NO3/c1-8(7-10)9-3-4-12-6-5-11-2/h8-10H,3-7H2,1-2H3. The van der Waals surface area contributed by atoms with Crippen molar-refractivity contribution >= 4 is 0 Å². The van der Waals surface area contributed by atoms with Gasteiger partial charge in [-0.05, 0) is 6.92 Å². The molecule has 0 rings (SSSR count). The fourth-order valence-corrected chi connectivity index (χ4v) is 0.686. The second kappa shape index (κ2) is 8.93. The fraction of sp³-hybridized carbons (Fsp3) is 1.00. The van der Waals surface area contributed by atoms with Gasteiger partial charge >= 0.3 is 0 Å². The number of rotatable bonds is 8. The van der Waals surface area contributed by atoms with E-state index in [1.165, 1.54) is 0 Å². The number of hydrogen-bond acceptors (Lipinski definition) is 4. The van der Waals surface area contributed by atoms with E-state index in [4.69, 9.17) is 14.6 Å².